The van der Waals surface area contributed by atoms with E-state index in [1.54, 1.807) is 12.1 Å². The van der Waals surface area contributed by atoms with E-state index < -0.39 is 34.5 Å². The van der Waals surface area contributed by atoms with Gasteiger partial charge in [-0.3, -0.25) is 4.79 Å². The molecule has 25 heavy (non-hydrogen) atoms. The van der Waals surface area contributed by atoms with E-state index in [-0.39, 0.29) is 5.75 Å². The minimum absolute atomic E-state index is 0.173. The molecular formula is C16H24N2O6S. The van der Waals surface area contributed by atoms with Crippen molar-refractivity contribution in [3.8, 4) is 0 Å². The zero-order chi connectivity index (χ0) is 19.0. The highest BCUT2D eigenvalue weighted by molar-refractivity contribution is 7.89. The Kier molecular flexibility index (Phi) is 8.01. The first kappa shape index (κ1) is 21.1. The third kappa shape index (κ3) is 7.63. The molecule has 0 saturated heterocycles. The van der Waals surface area contributed by atoms with Gasteiger partial charge in [0, 0.05) is 13.7 Å². The summed E-state index contributed by atoms with van der Waals surface area (Å²) in [5, 5.41) is 11.7. The molecule has 1 unspecified atom stereocenters. The average molecular weight is 372 g/mol. The summed E-state index contributed by atoms with van der Waals surface area (Å²) in [6, 6.07) is 3.98. The summed E-state index contributed by atoms with van der Waals surface area (Å²) in [5.74, 6) is -2.11. The van der Waals surface area contributed by atoms with Crippen molar-refractivity contribution >= 4 is 21.9 Å². The third-order valence-corrected chi connectivity index (χ3v) is 4.75. The number of carboxylic acids is 1. The molecule has 1 amide bonds. The molecule has 9 heteroatoms. The smallest absolute Gasteiger partial charge is 0.330 e. The summed E-state index contributed by atoms with van der Waals surface area (Å²) in [6.07, 6.45) is 0.299. The van der Waals surface area contributed by atoms with Crippen molar-refractivity contribution in [1.29, 1.82) is 0 Å². The van der Waals surface area contributed by atoms with Crippen LogP contribution in [0, 0.1) is 13.8 Å². The van der Waals surface area contributed by atoms with Gasteiger partial charge in [-0.25, -0.2) is 17.9 Å². The molecule has 8 nitrogen and oxygen atoms in total. The second-order valence-electron chi connectivity index (χ2n) is 5.75. The van der Waals surface area contributed by atoms with E-state index in [0.29, 0.717) is 18.6 Å². The zero-order valence-corrected chi connectivity index (χ0v) is 15.4. The lowest BCUT2D eigenvalue weighted by molar-refractivity contribution is -0.141. The van der Waals surface area contributed by atoms with Crippen LogP contribution >= 0.6 is 0 Å². The lowest BCUT2D eigenvalue weighted by Crippen LogP contribution is -2.41. The first-order valence-corrected chi connectivity index (χ1v) is 9.36. The Labute approximate surface area is 147 Å². The van der Waals surface area contributed by atoms with Crippen LogP contribution in [-0.4, -0.2) is 51.4 Å². The second-order valence-corrected chi connectivity index (χ2v) is 7.67. The fourth-order valence-electron chi connectivity index (χ4n) is 2.32. The van der Waals surface area contributed by atoms with Gasteiger partial charge in [-0.05, 0) is 25.8 Å². The monoisotopic (exact) mass is 372 g/mol. The number of aryl methyl sites for hydroxylation is 2. The van der Waals surface area contributed by atoms with E-state index in [4.69, 9.17) is 4.74 Å². The van der Waals surface area contributed by atoms with Crippen LogP contribution in [0.5, 0.6) is 0 Å². The van der Waals surface area contributed by atoms with E-state index in [0.717, 1.165) is 11.1 Å². The number of carbonyl (C=O) groups is 2. The number of methoxy groups -OCH3 is 1. The van der Waals surface area contributed by atoms with Gasteiger partial charge in [0.15, 0.2) is 6.04 Å². The molecule has 1 aromatic carbocycles. The van der Waals surface area contributed by atoms with Gasteiger partial charge in [-0.1, -0.05) is 29.3 Å². The van der Waals surface area contributed by atoms with Gasteiger partial charge in [-0.15, -0.1) is 0 Å². The average Bonchev–Trinajstić information content (AvgIpc) is 2.49. The largest absolute Gasteiger partial charge is 0.479 e. The summed E-state index contributed by atoms with van der Waals surface area (Å²) >= 11 is 0. The first-order chi connectivity index (χ1) is 11.6. The molecule has 0 fully saturated rings. The van der Waals surface area contributed by atoms with Gasteiger partial charge in [-0.2, -0.15) is 0 Å². The lowest BCUT2D eigenvalue weighted by atomic mass is 10.0. The molecule has 0 bridgehead atoms. The topological polar surface area (TPSA) is 122 Å². The Bertz CT molecular complexity index is 697. The SMILES string of the molecule is COCCCS(=O)(=O)NCC(=O)NC(C(=O)O)c1cc(C)cc(C)c1. The molecule has 140 valence electrons. The lowest BCUT2D eigenvalue weighted by Gasteiger charge is -2.16. The van der Waals surface area contributed by atoms with Crippen LogP contribution in [0.4, 0.5) is 0 Å². The number of ether oxygens (including phenoxy) is 1. The maximum atomic E-state index is 12.0. The van der Waals surface area contributed by atoms with Crippen molar-refractivity contribution < 1.29 is 27.9 Å². The Hall–Kier alpha value is -1.97. The molecule has 0 aliphatic rings. The number of sulfonamides is 1. The normalized spacial score (nSPS) is 12.6. The van der Waals surface area contributed by atoms with E-state index in [1.807, 2.05) is 19.9 Å². The van der Waals surface area contributed by atoms with E-state index in [2.05, 4.69) is 10.0 Å². The molecule has 3 N–H and O–H groups in total. The number of amides is 1. The molecule has 0 aromatic heterocycles. The van der Waals surface area contributed by atoms with Crippen LogP contribution in [0.1, 0.15) is 29.2 Å². The number of benzene rings is 1. The Morgan fingerprint density at radius 1 is 1.20 bits per heavy atom. The van der Waals surface area contributed by atoms with Gasteiger partial charge in [0.05, 0.1) is 12.3 Å². The van der Waals surface area contributed by atoms with Gasteiger partial charge in [0.2, 0.25) is 15.9 Å². The maximum absolute atomic E-state index is 12.0. The number of aliphatic carboxylic acids is 1. The zero-order valence-electron chi connectivity index (χ0n) is 14.5. The highest BCUT2D eigenvalue weighted by Gasteiger charge is 2.23. The van der Waals surface area contributed by atoms with Crippen LogP contribution in [-0.2, 0) is 24.3 Å². The predicted molar refractivity (Wildman–Crippen MR) is 92.7 cm³/mol. The summed E-state index contributed by atoms with van der Waals surface area (Å²) in [6.45, 7) is 3.42. The molecule has 0 aliphatic heterocycles. The van der Waals surface area contributed by atoms with E-state index >= 15 is 0 Å². The number of hydrogen-bond donors (Lipinski definition) is 3. The first-order valence-electron chi connectivity index (χ1n) is 7.71. The fourth-order valence-corrected chi connectivity index (χ4v) is 3.31. The van der Waals surface area contributed by atoms with Crippen molar-refractivity contribution in [2.45, 2.75) is 26.3 Å². The molecule has 1 rings (SSSR count). The Balaban J connectivity index is 2.70. The van der Waals surface area contributed by atoms with Gasteiger partial charge >= 0.3 is 5.97 Å². The maximum Gasteiger partial charge on any atom is 0.330 e. The minimum atomic E-state index is -3.62. The van der Waals surface area contributed by atoms with Crippen LogP contribution in [0.3, 0.4) is 0 Å². The van der Waals surface area contributed by atoms with Gasteiger partial charge < -0.3 is 15.2 Å². The minimum Gasteiger partial charge on any atom is -0.479 e. The van der Waals surface area contributed by atoms with Crippen LogP contribution in [0.2, 0.25) is 0 Å². The molecular weight excluding hydrogens is 348 g/mol. The highest BCUT2D eigenvalue weighted by Crippen LogP contribution is 2.17. The number of nitrogens with one attached hydrogen (secondary N) is 2. The third-order valence-electron chi connectivity index (χ3n) is 3.34. The van der Waals surface area contributed by atoms with Crippen LogP contribution in [0.15, 0.2) is 18.2 Å². The highest BCUT2D eigenvalue weighted by atomic mass is 32.2. The summed E-state index contributed by atoms with van der Waals surface area (Å²) in [4.78, 5) is 23.4. The van der Waals surface area contributed by atoms with Crippen LogP contribution in [0.25, 0.3) is 0 Å². The van der Waals surface area contributed by atoms with E-state index in [1.165, 1.54) is 7.11 Å². The second kappa shape index (κ2) is 9.50. The number of rotatable bonds is 10. The van der Waals surface area contributed by atoms with Gasteiger partial charge in [0.1, 0.15) is 0 Å². The molecule has 1 atom stereocenters. The standard InChI is InChI=1S/C16H24N2O6S/c1-11-7-12(2)9-13(8-11)15(16(20)21)18-14(19)10-17-25(22,23)6-4-5-24-3/h7-9,15,17H,4-6,10H2,1-3H3,(H,18,19)(H,20,21). The Morgan fingerprint density at radius 2 is 1.80 bits per heavy atom. The molecule has 0 heterocycles. The number of carbonyl (C=O) groups excluding carboxylic acids is 1. The molecule has 0 aliphatic carbocycles. The van der Waals surface area contributed by atoms with Gasteiger partial charge in [0.25, 0.3) is 0 Å². The van der Waals surface area contributed by atoms with Crippen molar-refractivity contribution in [3.63, 3.8) is 0 Å². The molecule has 0 spiro atoms. The van der Waals surface area contributed by atoms with Crippen molar-refractivity contribution in [2.24, 2.45) is 0 Å². The summed E-state index contributed by atoms with van der Waals surface area (Å²) < 4.78 is 30.4. The molecule has 0 radical (unpaired) electrons. The van der Waals surface area contributed by atoms with E-state index in [9.17, 15) is 23.1 Å². The summed E-state index contributed by atoms with van der Waals surface area (Å²) in [5.41, 5.74) is 2.17. The molecule has 1 aromatic rings. The predicted octanol–water partition coefficient (Wildman–Crippen LogP) is 0.501. The fraction of sp³-hybridized carbons (Fsp3) is 0.500. The Morgan fingerprint density at radius 3 is 2.32 bits per heavy atom. The van der Waals surface area contributed by atoms with Crippen molar-refractivity contribution in [1.82, 2.24) is 10.0 Å². The van der Waals surface area contributed by atoms with Crippen LogP contribution < -0.4 is 10.0 Å². The van der Waals surface area contributed by atoms with Crippen molar-refractivity contribution in [2.75, 3.05) is 26.0 Å². The number of carboxylic acid groups (broad SMARTS) is 1. The number of hydrogen-bond acceptors (Lipinski definition) is 5. The van der Waals surface area contributed by atoms with Crippen molar-refractivity contribution in [3.05, 3.63) is 34.9 Å². The molecule has 0 saturated carbocycles. The quantitative estimate of drug-likeness (QED) is 0.514. The summed E-state index contributed by atoms with van der Waals surface area (Å²) in [7, 11) is -2.16.